The van der Waals surface area contributed by atoms with Gasteiger partial charge in [0, 0.05) is 13.0 Å². The molecule has 13 heteroatoms. The number of aliphatic carboxylic acids is 1. The topological polar surface area (TPSA) is 235 Å². The van der Waals surface area contributed by atoms with Crippen LogP contribution in [0.3, 0.4) is 0 Å². The number of rotatable bonds is 16. The minimum Gasteiger partial charge on any atom is -0.480 e. The number of amides is 3. The molecule has 0 heterocycles. The molecule has 0 bridgehead atoms. The van der Waals surface area contributed by atoms with E-state index >= 15 is 0 Å². The van der Waals surface area contributed by atoms with Gasteiger partial charge in [-0.1, -0.05) is 44.2 Å². The highest BCUT2D eigenvalue weighted by molar-refractivity contribution is 5.94. The van der Waals surface area contributed by atoms with Gasteiger partial charge >= 0.3 is 5.97 Å². The second-order valence-electron chi connectivity index (χ2n) is 9.08. The Bertz CT molecular complexity index is 921. The number of nitrogens with two attached hydrogens (primary N) is 3. The summed E-state index contributed by atoms with van der Waals surface area (Å²) in [5, 5.41) is 26.4. The van der Waals surface area contributed by atoms with Gasteiger partial charge in [-0.05, 0) is 30.7 Å². The molecule has 0 aliphatic heterocycles. The van der Waals surface area contributed by atoms with Crippen LogP contribution in [0.15, 0.2) is 35.3 Å². The Kier molecular flexibility index (Phi) is 13.6. The Morgan fingerprint density at radius 2 is 1.49 bits per heavy atom. The summed E-state index contributed by atoms with van der Waals surface area (Å²) >= 11 is 0. The van der Waals surface area contributed by atoms with Gasteiger partial charge in [-0.25, -0.2) is 4.79 Å². The number of carboxylic acid groups (broad SMARTS) is 1. The molecule has 4 unspecified atom stereocenters. The van der Waals surface area contributed by atoms with Crippen molar-refractivity contribution in [2.45, 2.75) is 63.7 Å². The molecule has 0 spiro atoms. The van der Waals surface area contributed by atoms with Crippen LogP contribution in [0.4, 0.5) is 0 Å². The predicted octanol–water partition coefficient (Wildman–Crippen LogP) is -1.81. The van der Waals surface area contributed by atoms with Gasteiger partial charge in [-0.3, -0.25) is 19.4 Å². The highest BCUT2D eigenvalue weighted by Crippen LogP contribution is 2.09. The standard InChI is InChI=1S/C24H39N7O6/c1-14(2)11-18(22(35)31-19(23(36)37)12-15-7-4-3-5-8-15)30-21(34)17(9-6-10-28-24(26)27)29-20(33)16(25)13-32/h3-5,7-8,14,16-19,32H,6,9-13,25H2,1-2H3,(H,29,33)(H,30,34)(H,31,35)(H,36,37)(H4,26,27,28). The third-order valence-electron chi connectivity index (χ3n) is 5.35. The highest BCUT2D eigenvalue weighted by atomic mass is 16.4. The zero-order valence-electron chi connectivity index (χ0n) is 21.2. The number of hydrogen-bond donors (Lipinski definition) is 8. The summed E-state index contributed by atoms with van der Waals surface area (Å²) in [5.74, 6) is -3.43. The monoisotopic (exact) mass is 521 g/mol. The summed E-state index contributed by atoms with van der Waals surface area (Å²) in [7, 11) is 0. The fraction of sp³-hybridized carbons (Fsp3) is 0.542. The van der Waals surface area contributed by atoms with E-state index in [1.54, 1.807) is 30.3 Å². The second kappa shape index (κ2) is 16.1. The minimum atomic E-state index is -1.24. The van der Waals surface area contributed by atoms with Crippen LogP contribution < -0.4 is 33.2 Å². The summed E-state index contributed by atoms with van der Waals surface area (Å²) < 4.78 is 0. The maximum absolute atomic E-state index is 13.1. The lowest BCUT2D eigenvalue weighted by Crippen LogP contribution is -2.57. The third kappa shape index (κ3) is 12.2. The van der Waals surface area contributed by atoms with Crippen molar-refractivity contribution < 1.29 is 29.4 Å². The van der Waals surface area contributed by atoms with E-state index in [1.807, 2.05) is 13.8 Å². The Morgan fingerprint density at radius 1 is 0.919 bits per heavy atom. The maximum atomic E-state index is 13.1. The molecule has 3 amide bonds. The maximum Gasteiger partial charge on any atom is 0.326 e. The normalized spacial score (nSPS) is 14.1. The Balaban J connectivity index is 3.01. The van der Waals surface area contributed by atoms with Crippen molar-refractivity contribution in [3.05, 3.63) is 35.9 Å². The molecule has 206 valence electrons. The molecule has 4 atom stereocenters. The summed E-state index contributed by atoms with van der Waals surface area (Å²) in [6.07, 6.45) is 0.727. The summed E-state index contributed by atoms with van der Waals surface area (Å²) in [4.78, 5) is 54.1. The van der Waals surface area contributed by atoms with E-state index in [-0.39, 0.29) is 37.7 Å². The van der Waals surface area contributed by atoms with Crippen molar-refractivity contribution in [3.63, 3.8) is 0 Å². The molecule has 1 rings (SSSR count). The number of nitrogens with one attached hydrogen (secondary N) is 3. The third-order valence-corrected chi connectivity index (χ3v) is 5.35. The molecule has 1 aromatic carbocycles. The predicted molar refractivity (Wildman–Crippen MR) is 138 cm³/mol. The smallest absolute Gasteiger partial charge is 0.326 e. The Hall–Kier alpha value is -3.71. The van der Waals surface area contributed by atoms with Crippen molar-refractivity contribution >= 4 is 29.7 Å². The molecule has 0 saturated heterocycles. The number of benzene rings is 1. The highest BCUT2D eigenvalue weighted by Gasteiger charge is 2.30. The van der Waals surface area contributed by atoms with Gasteiger partial charge in [0.2, 0.25) is 17.7 Å². The van der Waals surface area contributed by atoms with Crippen LogP contribution >= 0.6 is 0 Å². The summed E-state index contributed by atoms with van der Waals surface area (Å²) in [5.41, 5.74) is 16.9. The largest absolute Gasteiger partial charge is 0.480 e. The molecule has 11 N–H and O–H groups in total. The molecule has 0 aliphatic rings. The average molecular weight is 522 g/mol. The van der Waals surface area contributed by atoms with Crippen LogP contribution in [-0.2, 0) is 25.6 Å². The number of nitrogens with zero attached hydrogens (tertiary/aromatic N) is 1. The lowest BCUT2D eigenvalue weighted by Gasteiger charge is -2.26. The molecule has 13 nitrogen and oxygen atoms in total. The SMILES string of the molecule is CC(C)CC(NC(=O)C(CCCN=C(N)N)NC(=O)C(N)CO)C(=O)NC(Cc1ccccc1)C(=O)O. The van der Waals surface area contributed by atoms with Gasteiger partial charge < -0.3 is 43.4 Å². The quantitative estimate of drug-likeness (QED) is 0.0694. The molecule has 0 saturated carbocycles. The van der Waals surface area contributed by atoms with Gasteiger partial charge in [0.05, 0.1) is 6.61 Å². The van der Waals surface area contributed by atoms with E-state index in [4.69, 9.17) is 22.3 Å². The van der Waals surface area contributed by atoms with Crippen molar-refractivity contribution in [2.75, 3.05) is 13.2 Å². The van der Waals surface area contributed by atoms with Crippen molar-refractivity contribution in [3.8, 4) is 0 Å². The number of aliphatic hydroxyl groups is 1. The van der Waals surface area contributed by atoms with Crippen LogP contribution in [0.25, 0.3) is 0 Å². The molecule has 0 fully saturated rings. The second-order valence-corrected chi connectivity index (χ2v) is 9.08. The average Bonchev–Trinajstić information content (AvgIpc) is 2.84. The number of aliphatic hydroxyl groups excluding tert-OH is 1. The number of hydrogen-bond acceptors (Lipinski definition) is 7. The Morgan fingerprint density at radius 3 is 2.03 bits per heavy atom. The van der Waals surface area contributed by atoms with Gasteiger partial charge in [0.1, 0.15) is 24.2 Å². The first-order chi connectivity index (χ1) is 17.4. The lowest BCUT2D eigenvalue weighted by atomic mass is 10.0. The van der Waals surface area contributed by atoms with Gasteiger partial charge in [-0.2, -0.15) is 0 Å². The first kappa shape index (κ1) is 31.3. The first-order valence-electron chi connectivity index (χ1n) is 12.0. The summed E-state index contributed by atoms with van der Waals surface area (Å²) in [6.45, 7) is 3.27. The van der Waals surface area contributed by atoms with Crippen LogP contribution in [-0.4, -0.2) is 77.2 Å². The van der Waals surface area contributed by atoms with Crippen molar-refractivity contribution in [1.82, 2.24) is 16.0 Å². The number of carboxylic acids is 1. The Labute approximate surface area is 216 Å². The fourth-order valence-electron chi connectivity index (χ4n) is 3.43. The number of carbonyl (C=O) groups is 4. The number of guanidine groups is 1. The molecular weight excluding hydrogens is 482 g/mol. The first-order valence-corrected chi connectivity index (χ1v) is 12.0. The molecular formula is C24H39N7O6. The van der Waals surface area contributed by atoms with Crippen LogP contribution in [0, 0.1) is 5.92 Å². The van der Waals surface area contributed by atoms with Crippen molar-refractivity contribution in [1.29, 1.82) is 0 Å². The van der Waals surface area contributed by atoms with E-state index in [0.29, 0.717) is 6.42 Å². The van der Waals surface area contributed by atoms with E-state index in [2.05, 4.69) is 20.9 Å². The van der Waals surface area contributed by atoms with Gasteiger partial charge in [0.15, 0.2) is 5.96 Å². The summed E-state index contributed by atoms with van der Waals surface area (Å²) in [6, 6.07) is 4.23. The fourth-order valence-corrected chi connectivity index (χ4v) is 3.43. The van der Waals surface area contributed by atoms with E-state index in [0.717, 1.165) is 5.56 Å². The number of aliphatic imine (C=N–C) groups is 1. The molecule has 0 aromatic heterocycles. The molecule has 37 heavy (non-hydrogen) atoms. The van der Waals surface area contributed by atoms with Gasteiger partial charge in [-0.15, -0.1) is 0 Å². The lowest BCUT2D eigenvalue weighted by molar-refractivity contribution is -0.142. The van der Waals surface area contributed by atoms with E-state index < -0.39 is 54.5 Å². The van der Waals surface area contributed by atoms with Crippen molar-refractivity contribution in [2.24, 2.45) is 28.1 Å². The minimum absolute atomic E-state index is 0.0221. The molecule has 1 aromatic rings. The number of carbonyl (C=O) groups excluding carboxylic acids is 3. The van der Waals surface area contributed by atoms with Crippen LogP contribution in [0.1, 0.15) is 38.7 Å². The van der Waals surface area contributed by atoms with Crippen LogP contribution in [0.5, 0.6) is 0 Å². The zero-order valence-corrected chi connectivity index (χ0v) is 21.2. The van der Waals surface area contributed by atoms with Crippen LogP contribution in [0.2, 0.25) is 0 Å². The van der Waals surface area contributed by atoms with E-state index in [9.17, 15) is 24.3 Å². The van der Waals surface area contributed by atoms with Gasteiger partial charge in [0.25, 0.3) is 0 Å². The molecule has 0 radical (unpaired) electrons. The zero-order chi connectivity index (χ0) is 28.0. The molecule has 0 aliphatic carbocycles. The van der Waals surface area contributed by atoms with E-state index in [1.165, 1.54) is 0 Å².